The fourth-order valence-corrected chi connectivity index (χ4v) is 2.12. The Morgan fingerprint density at radius 1 is 1.27 bits per heavy atom. The number of ether oxygens (including phenoxy) is 1. The maximum absolute atomic E-state index is 9.67. The Kier molecular flexibility index (Phi) is 2.06. The molecule has 0 radical (unpaired) electrons. The van der Waals surface area contributed by atoms with Gasteiger partial charge in [-0.05, 0) is 18.9 Å². The topological polar surface area (TPSA) is 41.5 Å². The summed E-state index contributed by atoms with van der Waals surface area (Å²) in [5.74, 6) is 0.927. The van der Waals surface area contributed by atoms with Crippen molar-refractivity contribution in [2.75, 3.05) is 6.61 Å². The van der Waals surface area contributed by atoms with Gasteiger partial charge in [0.25, 0.3) is 0 Å². The minimum Gasteiger partial charge on any atom is -0.504 e. The molecule has 0 amide bonds. The Morgan fingerprint density at radius 2 is 2.13 bits per heavy atom. The van der Waals surface area contributed by atoms with Crippen LogP contribution in [0.25, 0.3) is 0 Å². The van der Waals surface area contributed by atoms with E-state index in [1.165, 1.54) is 12.8 Å². The second-order valence-electron chi connectivity index (χ2n) is 4.33. The van der Waals surface area contributed by atoms with E-state index in [1.54, 1.807) is 6.07 Å². The molecule has 15 heavy (non-hydrogen) atoms. The average Bonchev–Trinajstić information content (AvgIpc) is 3.04. The third-order valence-electron chi connectivity index (χ3n) is 3.07. The number of hydrogen-bond acceptors (Lipinski definition) is 3. The molecule has 80 valence electrons. The van der Waals surface area contributed by atoms with Crippen LogP contribution in [-0.2, 0) is 0 Å². The van der Waals surface area contributed by atoms with Crippen LogP contribution in [0.3, 0.4) is 0 Å². The predicted molar refractivity (Wildman–Crippen MR) is 57.1 cm³/mol. The molecule has 0 aromatic heterocycles. The summed E-state index contributed by atoms with van der Waals surface area (Å²) in [6.45, 7) is 0.689. The normalized spacial score (nSPS) is 24.4. The SMILES string of the molecule is Oc1cccc2c1OCCC2NC1CC1. The van der Waals surface area contributed by atoms with E-state index >= 15 is 0 Å². The van der Waals surface area contributed by atoms with E-state index in [0.717, 1.165) is 12.0 Å². The molecule has 1 heterocycles. The first-order chi connectivity index (χ1) is 7.34. The van der Waals surface area contributed by atoms with Crippen molar-refractivity contribution in [3.8, 4) is 11.5 Å². The fraction of sp³-hybridized carbons (Fsp3) is 0.500. The molecule has 1 unspecified atom stereocenters. The number of rotatable bonds is 2. The summed E-state index contributed by atoms with van der Waals surface area (Å²) in [6.07, 6.45) is 3.56. The van der Waals surface area contributed by atoms with Crippen LogP contribution in [0.4, 0.5) is 0 Å². The Balaban J connectivity index is 1.91. The molecule has 0 spiro atoms. The Labute approximate surface area is 89.1 Å². The Hall–Kier alpha value is -1.22. The van der Waals surface area contributed by atoms with Crippen LogP contribution in [0, 0.1) is 0 Å². The van der Waals surface area contributed by atoms with Crippen LogP contribution >= 0.6 is 0 Å². The molecule has 3 heteroatoms. The number of para-hydroxylation sites is 1. The molecule has 1 aliphatic carbocycles. The molecular formula is C12H15NO2. The maximum atomic E-state index is 9.67. The van der Waals surface area contributed by atoms with Gasteiger partial charge in [-0.3, -0.25) is 0 Å². The summed E-state index contributed by atoms with van der Waals surface area (Å²) in [4.78, 5) is 0. The summed E-state index contributed by atoms with van der Waals surface area (Å²) in [5.41, 5.74) is 1.10. The summed E-state index contributed by atoms with van der Waals surface area (Å²) in [5, 5.41) is 13.3. The molecule has 2 N–H and O–H groups in total. The van der Waals surface area contributed by atoms with Gasteiger partial charge < -0.3 is 15.2 Å². The molecule has 3 rings (SSSR count). The standard InChI is InChI=1S/C12H15NO2/c14-11-3-1-2-9-10(13-8-4-5-8)6-7-15-12(9)11/h1-3,8,10,13-14H,4-7H2. The van der Waals surface area contributed by atoms with Crippen LogP contribution < -0.4 is 10.1 Å². The first kappa shape index (κ1) is 9.04. The van der Waals surface area contributed by atoms with Gasteiger partial charge in [-0.2, -0.15) is 0 Å². The molecule has 1 aromatic rings. The third kappa shape index (κ3) is 1.67. The highest BCUT2D eigenvalue weighted by Gasteiger charge is 2.29. The highest BCUT2D eigenvalue weighted by atomic mass is 16.5. The molecule has 1 saturated carbocycles. The number of hydrogen-bond donors (Lipinski definition) is 2. The minimum absolute atomic E-state index is 0.259. The zero-order chi connectivity index (χ0) is 10.3. The zero-order valence-electron chi connectivity index (χ0n) is 8.57. The average molecular weight is 205 g/mol. The molecule has 1 aliphatic heterocycles. The van der Waals surface area contributed by atoms with Gasteiger partial charge in [0.15, 0.2) is 11.5 Å². The van der Waals surface area contributed by atoms with Gasteiger partial charge in [-0.15, -0.1) is 0 Å². The van der Waals surface area contributed by atoms with Gasteiger partial charge >= 0.3 is 0 Å². The van der Waals surface area contributed by atoms with E-state index in [1.807, 2.05) is 12.1 Å². The van der Waals surface area contributed by atoms with Crippen molar-refractivity contribution < 1.29 is 9.84 Å². The third-order valence-corrected chi connectivity index (χ3v) is 3.07. The number of phenolic OH excluding ortho intramolecular Hbond substituents is 1. The second kappa shape index (κ2) is 3.42. The summed E-state index contributed by atoms with van der Waals surface area (Å²) in [6, 6.07) is 6.63. The first-order valence-electron chi connectivity index (χ1n) is 5.55. The molecule has 0 saturated heterocycles. The zero-order valence-corrected chi connectivity index (χ0v) is 8.57. The molecule has 3 nitrogen and oxygen atoms in total. The lowest BCUT2D eigenvalue weighted by Gasteiger charge is -2.27. The Bertz CT molecular complexity index is 374. The molecular weight excluding hydrogens is 190 g/mol. The van der Waals surface area contributed by atoms with Gasteiger partial charge in [0, 0.05) is 24.1 Å². The Morgan fingerprint density at radius 3 is 2.93 bits per heavy atom. The molecule has 0 bridgehead atoms. The van der Waals surface area contributed by atoms with Crippen molar-refractivity contribution in [1.82, 2.24) is 5.32 Å². The van der Waals surface area contributed by atoms with Gasteiger partial charge in [0.1, 0.15) is 0 Å². The van der Waals surface area contributed by atoms with E-state index < -0.39 is 0 Å². The van der Waals surface area contributed by atoms with Gasteiger partial charge in [-0.1, -0.05) is 12.1 Å². The molecule has 1 atom stereocenters. The number of aromatic hydroxyl groups is 1. The minimum atomic E-state index is 0.259. The highest BCUT2D eigenvalue weighted by Crippen LogP contribution is 2.39. The van der Waals surface area contributed by atoms with E-state index in [0.29, 0.717) is 24.4 Å². The largest absolute Gasteiger partial charge is 0.504 e. The monoisotopic (exact) mass is 205 g/mol. The van der Waals surface area contributed by atoms with Gasteiger partial charge in [-0.25, -0.2) is 0 Å². The molecule has 1 fully saturated rings. The second-order valence-corrected chi connectivity index (χ2v) is 4.33. The van der Waals surface area contributed by atoms with Crippen LogP contribution in [0.15, 0.2) is 18.2 Å². The molecule has 1 aromatic carbocycles. The smallest absolute Gasteiger partial charge is 0.165 e. The first-order valence-corrected chi connectivity index (χ1v) is 5.55. The van der Waals surface area contributed by atoms with Gasteiger partial charge in [0.05, 0.1) is 6.61 Å². The van der Waals surface area contributed by atoms with Gasteiger partial charge in [0.2, 0.25) is 0 Å². The maximum Gasteiger partial charge on any atom is 0.165 e. The van der Waals surface area contributed by atoms with Crippen LogP contribution in [0.1, 0.15) is 30.9 Å². The van der Waals surface area contributed by atoms with Crippen LogP contribution in [0.5, 0.6) is 11.5 Å². The summed E-state index contributed by atoms with van der Waals surface area (Å²) < 4.78 is 5.50. The number of fused-ring (bicyclic) bond motifs is 1. The van der Waals surface area contributed by atoms with Crippen LogP contribution in [-0.4, -0.2) is 17.8 Å². The quantitative estimate of drug-likeness (QED) is 0.775. The van der Waals surface area contributed by atoms with Crippen molar-refractivity contribution in [1.29, 1.82) is 0 Å². The van der Waals surface area contributed by atoms with Crippen molar-refractivity contribution >= 4 is 0 Å². The number of nitrogens with one attached hydrogen (secondary N) is 1. The lowest BCUT2D eigenvalue weighted by atomic mass is 10.00. The lowest BCUT2D eigenvalue weighted by molar-refractivity contribution is 0.240. The van der Waals surface area contributed by atoms with Crippen molar-refractivity contribution in [2.24, 2.45) is 0 Å². The van der Waals surface area contributed by atoms with Crippen molar-refractivity contribution in [3.63, 3.8) is 0 Å². The summed E-state index contributed by atoms with van der Waals surface area (Å²) in [7, 11) is 0. The number of phenols is 1. The van der Waals surface area contributed by atoms with Crippen molar-refractivity contribution in [2.45, 2.75) is 31.3 Å². The van der Waals surface area contributed by atoms with E-state index in [9.17, 15) is 5.11 Å². The highest BCUT2D eigenvalue weighted by molar-refractivity contribution is 5.48. The fourth-order valence-electron chi connectivity index (χ4n) is 2.12. The number of benzene rings is 1. The van der Waals surface area contributed by atoms with E-state index in [4.69, 9.17) is 4.74 Å². The summed E-state index contributed by atoms with van der Waals surface area (Å²) >= 11 is 0. The van der Waals surface area contributed by atoms with E-state index in [-0.39, 0.29) is 5.75 Å². The van der Waals surface area contributed by atoms with Crippen LogP contribution in [0.2, 0.25) is 0 Å². The lowest BCUT2D eigenvalue weighted by Crippen LogP contribution is -2.28. The predicted octanol–water partition coefficient (Wildman–Crippen LogP) is 1.97. The molecule has 2 aliphatic rings. The van der Waals surface area contributed by atoms with E-state index in [2.05, 4.69) is 5.32 Å². The van der Waals surface area contributed by atoms with Crippen molar-refractivity contribution in [3.05, 3.63) is 23.8 Å².